The number of amides is 1. The first-order chi connectivity index (χ1) is 8.77. The Balaban J connectivity index is 2.06. The van der Waals surface area contributed by atoms with E-state index in [1.54, 1.807) is 6.07 Å². The largest absolute Gasteiger partial charge is 0.506 e. The first-order valence-corrected chi connectivity index (χ1v) is 6.27. The number of likely N-dealkylation sites (tertiary alicyclic amines) is 1. The van der Waals surface area contributed by atoms with Crippen LogP contribution in [0.2, 0.25) is 0 Å². The summed E-state index contributed by atoms with van der Waals surface area (Å²) in [6, 6.07) is 11.2. The molecule has 2 aromatic rings. The fourth-order valence-corrected chi connectivity index (χ4v) is 2.52. The molecule has 1 N–H and O–H groups in total. The average Bonchev–Trinajstić information content (AvgIpc) is 2.93. The summed E-state index contributed by atoms with van der Waals surface area (Å²) < 4.78 is 0. The topological polar surface area (TPSA) is 40.5 Å². The van der Waals surface area contributed by atoms with Gasteiger partial charge in [0.25, 0.3) is 5.91 Å². The Hall–Kier alpha value is -2.03. The summed E-state index contributed by atoms with van der Waals surface area (Å²) in [5.74, 6) is 0.0424. The number of hydrogen-bond donors (Lipinski definition) is 1. The Morgan fingerprint density at radius 1 is 1.06 bits per heavy atom. The maximum Gasteiger partial charge on any atom is 0.257 e. The summed E-state index contributed by atoms with van der Waals surface area (Å²) in [5, 5.41) is 11.9. The van der Waals surface area contributed by atoms with Crippen molar-refractivity contribution in [3.8, 4) is 5.75 Å². The molecule has 0 aromatic heterocycles. The van der Waals surface area contributed by atoms with Crippen molar-refractivity contribution in [2.24, 2.45) is 0 Å². The maximum absolute atomic E-state index is 12.3. The van der Waals surface area contributed by atoms with Crippen LogP contribution >= 0.6 is 0 Å². The van der Waals surface area contributed by atoms with Crippen molar-refractivity contribution < 1.29 is 9.90 Å². The van der Waals surface area contributed by atoms with Gasteiger partial charge in [0.15, 0.2) is 0 Å². The van der Waals surface area contributed by atoms with Crippen LogP contribution in [-0.4, -0.2) is 29.0 Å². The zero-order valence-electron chi connectivity index (χ0n) is 10.1. The second kappa shape index (κ2) is 4.33. The summed E-state index contributed by atoms with van der Waals surface area (Å²) in [5.41, 5.74) is 0.413. The average molecular weight is 241 g/mol. The molecular formula is C15H15NO2. The van der Waals surface area contributed by atoms with Gasteiger partial charge in [-0.15, -0.1) is 0 Å². The highest BCUT2D eigenvalue weighted by atomic mass is 16.3. The van der Waals surface area contributed by atoms with Crippen LogP contribution in [0.4, 0.5) is 0 Å². The molecule has 0 saturated carbocycles. The SMILES string of the molecule is O=C(c1ccc2ccccc2c1O)N1CCCC1. The molecule has 2 aromatic carbocycles. The van der Waals surface area contributed by atoms with Gasteiger partial charge in [0, 0.05) is 18.5 Å². The summed E-state index contributed by atoms with van der Waals surface area (Å²) in [6.45, 7) is 1.59. The lowest BCUT2D eigenvalue weighted by atomic mass is 10.0. The highest BCUT2D eigenvalue weighted by molar-refractivity contribution is 6.03. The number of benzene rings is 2. The molecular weight excluding hydrogens is 226 g/mol. The fraction of sp³-hybridized carbons (Fsp3) is 0.267. The monoisotopic (exact) mass is 241 g/mol. The smallest absolute Gasteiger partial charge is 0.257 e. The number of rotatable bonds is 1. The minimum absolute atomic E-state index is 0.0595. The minimum atomic E-state index is -0.0595. The molecule has 0 unspecified atom stereocenters. The molecule has 1 aliphatic rings. The number of phenols is 1. The molecule has 0 aliphatic carbocycles. The fourth-order valence-electron chi connectivity index (χ4n) is 2.52. The Morgan fingerprint density at radius 2 is 1.78 bits per heavy atom. The molecule has 0 radical (unpaired) electrons. The van der Waals surface area contributed by atoms with Crippen molar-refractivity contribution in [3.05, 3.63) is 42.0 Å². The summed E-state index contributed by atoms with van der Waals surface area (Å²) in [6.07, 6.45) is 2.11. The zero-order chi connectivity index (χ0) is 12.5. The maximum atomic E-state index is 12.3. The van der Waals surface area contributed by atoms with Crippen molar-refractivity contribution in [2.45, 2.75) is 12.8 Å². The quantitative estimate of drug-likeness (QED) is 0.834. The van der Waals surface area contributed by atoms with E-state index in [1.807, 2.05) is 35.2 Å². The Kier molecular flexibility index (Phi) is 2.67. The predicted molar refractivity (Wildman–Crippen MR) is 70.8 cm³/mol. The van der Waals surface area contributed by atoms with Crippen LogP contribution in [0.5, 0.6) is 5.75 Å². The standard InChI is InChI=1S/C15H15NO2/c17-14-12-6-2-1-5-11(12)7-8-13(14)15(18)16-9-3-4-10-16/h1-2,5-8,17H,3-4,9-10H2. The number of hydrogen-bond acceptors (Lipinski definition) is 2. The van der Waals surface area contributed by atoms with Crippen LogP contribution in [0.25, 0.3) is 10.8 Å². The molecule has 92 valence electrons. The molecule has 3 nitrogen and oxygen atoms in total. The van der Waals surface area contributed by atoms with Gasteiger partial charge >= 0.3 is 0 Å². The molecule has 0 spiro atoms. The van der Waals surface area contributed by atoms with Crippen LogP contribution < -0.4 is 0 Å². The van der Waals surface area contributed by atoms with Crippen molar-refractivity contribution in [1.82, 2.24) is 4.90 Å². The second-order valence-corrected chi connectivity index (χ2v) is 4.68. The third-order valence-electron chi connectivity index (χ3n) is 3.52. The van der Waals surface area contributed by atoms with E-state index in [4.69, 9.17) is 0 Å². The van der Waals surface area contributed by atoms with Gasteiger partial charge in [-0.2, -0.15) is 0 Å². The predicted octanol–water partition coefficient (Wildman–Crippen LogP) is 2.78. The van der Waals surface area contributed by atoms with Crippen LogP contribution in [0.1, 0.15) is 23.2 Å². The lowest BCUT2D eigenvalue weighted by molar-refractivity contribution is 0.0790. The van der Waals surface area contributed by atoms with E-state index in [9.17, 15) is 9.90 Å². The van der Waals surface area contributed by atoms with Gasteiger partial charge < -0.3 is 10.0 Å². The number of carbonyl (C=O) groups excluding carboxylic acids is 1. The molecule has 1 heterocycles. The van der Waals surface area contributed by atoms with Gasteiger partial charge in [0.1, 0.15) is 5.75 Å². The van der Waals surface area contributed by atoms with Gasteiger partial charge in [-0.1, -0.05) is 30.3 Å². The van der Waals surface area contributed by atoms with Gasteiger partial charge in [0.05, 0.1) is 5.56 Å². The van der Waals surface area contributed by atoms with Gasteiger partial charge in [-0.25, -0.2) is 0 Å². The van der Waals surface area contributed by atoms with E-state index < -0.39 is 0 Å². The van der Waals surface area contributed by atoms with E-state index in [0.29, 0.717) is 5.56 Å². The van der Waals surface area contributed by atoms with Crippen LogP contribution in [0.15, 0.2) is 36.4 Å². The van der Waals surface area contributed by atoms with Crippen LogP contribution in [0, 0.1) is 0 Å². The number of nitrogens with zero attached hydrogens (tertiary/aromatic N) is 1. The van der Waals surface area contributed by atoms with Crippen molar-refractivity contribution >= 4 is 16.7 Å². The number of carbonyl (C=O) groups is 1. The first-order valence-electron chi connectivity index (χ1n) is 6.27. The Labute approximate surface area is 106 Å². The molecule has 1 saturated heterocycles. The second-order valence-electron chi connectivity index (χ2n) is 4.68. The number of fused-ring (bicyclic) bond motifs is 1. The number of aromatic hydroxyl groups is 1. The third-order valence-corrected chi connectivity index (χ3v) is 3.52. The Bertz CT molecular complexity index is 600. The minimum Gasteiger partial charge on any atom is -0.506 e. The zero-order valence-corrected chi connectivity index (χ0v) is 10.1. The normalized spacial score (nSPS) is 15.2. The molecule has 0 bridgehead atoms. The summed E-state index contributed by atoms with van der Waals surface area (Å²) in [4.78, 5) is 14.1. The van der Waals surface area contributed by atoms with Gasteiger partial charge in [0.2, 0.25) is 0 Å². The van der Waals surface area contributed by atoms with E-state index in [-0.39, 0.29) is 11.7 Å². The summed E-state index contributed by atoms with van der Waals surface area (Å²) >= 11 is 0. The van der Waals surface area contributed by atoms with Crippen LogP contribution in [0.3, 0.4) is 0 Å². The van der Waals surface area contributed by atoms with Crippen molar-refractivity contribution in [2.75, 3.05) is 13.1 Å². The van der Waals surface area contributed by atoms with E-state index in [2.05, 4.69) is 0 Å². The lowest BCUT2D eigenvalue weighted by Gasteiger charge is -2.16. The molecule has 18 heavy (non-hydrogen) atoms. The van der Waals surface area contributed by atoms with E-state index in [0.717, 1.165) is 36.7 Å². The van der Waals surface area contributed by atoms with E-state index >= 15 is 0 Å². The van der Waals surface area contributed by atoms with E-state index in [1.165, 1.54) is 0 Å². The van der Waals surface area contributed by atoms with Gasteiger partial charge in [-0.05, 0) is 24.3 Å². The third kappa shape index (κ3) is 1.72. The van der Waals surface area contributed by atoms with Crippen molar-refractivity contribution in [1.29, 1.82) is 0 Å². The highest BCUT2D eigenvalue weighted by Gasteiger charge is 2.22. The van der Waals surface area contributed by atoms with Crippen molar-refractivity contribution in [3.63, 3.8) is 0 Å². The molecule has 3 heteroatoms. The Morgan fingerprint density at radius 3 is 2.56 bits per heavy atom. The molecule has 0 atom stereocenters. The molecule has 1 amide bonds. The number of phenolic OH excluding ortho intramolecular Hbond substituents is 1. The lowest BCUT2D eigenvalue weighted by Crippen LogP contribution is -2.27. The summed E-state index contributed by atoms with van der Waals surface area (Å²) in [7, 11) is 0. The molecule has 3 rings (SSSR count). The van der Waals surface area contributed by atoms with Gasteiger partial charge in [-0.3, -0.25) is 4.79 Å². The first kappa shape index (κ1) is 11.1. The molecule has 1 fully saturated rings. The molecule has 1 aliphatic heterocycles. The van der Waals surface area contributed by atoms with Crippen LogP contribution in [-0.2, 0) is 0 Å². The highest BCUT2D eigenvalue weighted by Crippen LogP contribution is 2.30.